The number of pyridine rings is 1. The van der Waals surface area contributed by atoms with Gasteiger partial charge in [0, 0.05) is 46.3 Å². The Morgan fingerprint density at radius 3 is 2.33 bits per heavy atom. The first-order chi connectivity index (χ1) is 25.1. The van der Waals surface area contributed by atoms with Crippen molar-refractivity contribution in [3.05, 3.63) is 119 Å². The van der Waals surface area contributed by atoms with Gasteiger partial charge in [0.2, 0.25) is 0 Å². The average Bonchev–Trinajstić information content (AvgIpc) is 3.69. The summed E-state index contributed by atoms with van der Waals surface area (Å²) in [5.74, 6) is 3.97. The highest BCUT2D eigenvalue weighted by molar-refractivity contribution is 6.09. The molecule has 3 aromatic heterocycles. The molecule has 1 aliphatic carbocycles. The lowest BCUT2D eigenvalue weighted by atomic mass is 9.71. The van der Waals surface area contributed by atoms with E-state index in [9.17, 15) is 0 Å². The van der Waals surface area contributed by atoms with Crippen LogP contribution in [-0.4, -0.2) is 19.3 Å². The van der Waals surface area contributed by atoms with Gasteiger partial charge in [-0.05, 0) is 103 Å². The number of ether oxygens (including phenoxy) is 1. The van der Waals surface area contributed by atoms with Crippen LogP contribution in [0.25, 0.3) is 33.3 Å². The first kappa shape index (κ1) is 35.7. The molecule has 0 N–H and O–H groups in total. The molecular weight excluding hydrogens is 637 g/mol. The smallest absolute Gasteiger partial charge is 0.137 e. The standard InChI is InChI=1S/C47H56N4O/c1-10-31-17-16-18-32(11-2)45(31)46-40(12-3)49-51(41(46)13-4)35-25-33(30(5)6)26-37(28-35)52-36-21-22-39-38-19-14-15-20-42(38)50(43(39)29-36)44-27-34(23-24-48-44)47(7,8)9/h14-15,17,19-30,32,45H,10-13,16,18H2,1-9H3/t32?,45-/m0/s1. The second kappa shape index (κ2) is 14.4. The Kier molecular flexibility index (Phi) is 9.91. The Morgan fingerprint density at radius 1 is 0.827 bits per heavy atom. The van der Waals surface area contributed by atoms with E-state index in [1.165, 1.54) is 58.1 Å². The van der Waals surface area contributed by atoms with Gasteiger partial charge in [-0.1, -0.05) is 98.6 Å². The van der Waals surface area contributed by atoms with Crippen LogP contribution in [0.15, 0.2) is 90.6 Å². The zero-order valence-corrected chi connectivity index (χ0v) is 32.8. The molecule has 3 heterocycles. The fraction of sp³-hybridized carbons (Fsp3) is 0.404. The van der Waals surface area contributed by atoms with E-state index in [4.69, 9.17) is 14.8 Å². The molecule has 52 heavy (non-hydrogen) atoms. The normalized spacial score (nSPS) is 16.6. The van der Waals surface area contributed by atoms with E-state index in [-0.39, 0.29) is 5.41 Å². The van der Waals surface area contributed by atoms with Crippen LogP contribution in [0.2, 0.25) is 0 Å². The lowest BCUT2D eigenvalue weighted by molar-refractivity contribution is 0.392. The number of benzene rings is 3. The number of allylic oxidation sites excluding steroid dienone is 2. The SMILES string of the molecule is CCC1=CCCC(CC)[C@H]1c1c(CC)nn(-c2cc(Oc3ccc4c5ccccc5n(-c5cc(C(C)(C)C)ccn5)c4c3)cc(C(C)C)c2)c1CC. The summed E-state index contributed by atoms with van der Waals surface area (Å²) < 4.78 is 11.4. The van der Waals surface area contributed by atoms with Crippen molar-refractivity contribution >= 4 is 21.8 Å². The maximum atomic E-state index is 6.84. The maximum Gasteiger partial charge on any atom is 0.137 e. The largest absolute Gasteiger partial charge is 0.457 e. The van der Waals surface area contributed by atoms with Gasteiger partial charge in [0.05, 0.1) is 22.4 Å². The van der Waals surface area contributed by atoms with E-state index < -0.39 is 0 Å². The van der Waals surface area contributed by atoms with Gasteiger partial charge in [0.25, 0.3) is 0 Å². The van der Waals surface area contributed by atoms with Gasteiger partial charge in [0.1, 0.15) is 17.3 Å². The van der Waals surface area contributed by atoms with Crippen molar-refractivity contribution in [2.24, 2.45) is 5.92 Å². The molecule has 0 saturated carbocycles. The van der Waals surface area contributed by atoms with Crippen molar-refractivity contribution in [2.75, 3.05) is 0 Å². The number of hydrogen-bond donors (Lipinski definition) is 0. The van der Waals surface area contributed by atoms with Crippen molar-refractivity contribution in [3.63, 3.8) is 0 Å². The molecule has 7 rings (SSSR count). The summed E-state index contributed by atoms with van der Waals surface area (Å²) in [7, 11) is 0. The summed E-state index contributed by atoms with van der Waals surface area (Å²) in [4.78, 5) is 4.88. The predicted octanol–water partition coefficient (Wildman–Crippen LogP) is 12.9. The van der Waals surface area contributed by atoms with Gasteiger partial charge in [0.15, 0.2) is 0 Å². The monoisotopic (exact) mass is 692 g/mol. The molecule has 0 spiro atoms. The first-order valence-corrected chi connectivity index (χ1v) is 19.7. The number of nitrogens with zero attached hydrogens (tertiary/aromatic N) is 4. The molecule has 2 atom stereocenters. The molecule has 0 radical (unpaired) electrons. The number of rotatable bonds is 10. The van der Waals surface area contributed by atoms with Crippen molar-refractivity contribution in [3.8, 4) is 23.0 Å². The Bertz CT molecular complexity index is 2260. The van der Waals surface area contributed by atoms with E-state index in [1.54, 1.807) is 5.57 Å². The lowest BCUT2D eigenvalue weighted by Crippen LogP contribution is -2.20. The second-order valence-corrected chi connectivity index (χ2v) is 16.0. The zero-order valence-electron chi connectivity index (χ0n) is 32.8. The highest BCUT2D eigenvalue weighted by Gasteiger charge is 2.33. The summed E-state index contributed by atoms with van der Waals surface area (Å²) in [5, 5.41) is 7.77. The summed E-state index contributed by atoms with van der Waals surface area (Å²) in [6.07, 6.45) is 11.0. The summed E-state index contributed by atoms with van der Waals surface area (Å²) in [6.45, 7) is 20.5. The topological polar surface area (TPSA) is 44.9 Å². The van der Waals surface area contributed by atoms with E-state index in [0.717, 1.165) is 53.3 Å². The molecular formula is C47H56N4O. The minimum absolute atomic E-state index is 0.0117. The predicted molar refractivity (Wildman–Crippen MR) is 218 cm³/mol. The number of aryl methyl sites for hydroxylation is 1. The number of aromatic nitrogens is 4. The molecule has 0 bridgehead atoms. The number of fused-ring (bicyclic) bond motifs is 3. The minimum Gasteiger partial charge on any atom is -0.457 e. The Morgan fingerprint density at radius 2 is 1.62 bits per heavy atom. The summed E-state index contributed by atoms with van der Waals surface area (Å²) in [6, 6.07) is 26.1. The molecule has 5 heteroatoms. The van der Waals surface area contributed by atoms with Gasteiger partial charge < -0.3 is 4.74 Å². The average molecular weight is 693 g/mol. The van der Waals surface area contributed by atoms with Crippen LogP contribution in [0.1, 0.15) is 128 Å². The summed E-state index contributed by atoms with van der Waals surface area (Å²) in [5.41, 5.74) is 11.4. The third-order valence-electron chi connectivity index (χ3n) is 11.4. The van der Waals surface area contributed by atoms with E-state index in [0.29, 0.717) is 17.8 Å². The van der Waals surface area contributed by atoms with Gasteiger partial charge in [-0.3, -0.25) is 4.57 Å². The van der Waals surface area contributed by atoms with E-state index in [1.807, 2.05) is 6.20 Å². The van der Waals surface area contributed by atoms with Gasteiger partial charge in [-0.2, -0.15) is 5.10 Å². The van der Waals surface area contributed by atoms with Crippen molar-refractivity contribution in [1.82, 2.24) is 19.3 Å². The minimum atomic E-state index is 0.0117. The van der Waals surface area contributed by atoms with Crippen LogP contribution in [-0.2, 0) is 18.3 Å². The van der Waals surface area contributed by atoms with Crippen molar-refractivity contribution < 1.29 is 4.74 Å². The van der Waals surface area contributed by atoms with Crippen LogP contribution in [0, 0.1) is 5.92 Å². The maximum absolute atomic E-state index is 6.84. The second-order valence-electron chi connectivity index (χ2n) is 16.0. The van der Waals surface area contributed by atoms with Crippen LogP contribution >= 0.6 is 0 Å². The lowest BCUT2D eigenvalue weighted by Gasteiger charge is -2.33. The van der Waals surface area contributed by atoms with Gasteiger partial charge in [-0.15, -0.1) is 0 Å². The molecule has 0 fully saturated rings. The molecule has 6 aromatic rings. The van der Waals surface area contributed by atoms with Gasteiger partial charge in [-0.25, -0.2) is 9.67 Å². The quantitative estimate of drug-likeness (QED) is 0.134. The molecule has 0 saturated heterocycles. The first-order valence-electron chi connectivity index (χ1n) is 19.7. The molecule has 5 nitrogen and oxygen atoms in total. The van der Waals surface area contributed by atoms with Crippen molar-refractivity contribution in [1.29, 1.82) is 0 Å². The van der Waals surface area contributed by atoms with Crippen LogP contribution < -0.4 is 4.74 Å². The zero-order chi connectivity index (χ0) is 36.7. The summed E-state index contributed by atoms with van der Waals surface area (Å²) >= 11 is 0. The Balaban J connectivity index is 1.35. The number of hydrogen-bond acceptors (Lipinski definition) is 3. The fourth-order valence-electron chi connectivity index (χ4n) is 8.52. The Labute approximate surface area is 310 Å². The van der Waals surface area contributed by atoms with Gasteiger partial charge >= 0.3 is 0 Å². The highest BCUT2D eigenvalue weighted by atomic mass is 16.5. The van der Waals surface area contributed by atoms with Crippen LogP contribution in [0.4, 0.5) is 0 Å². The molecule has 0 aliphatic heterocycles. The third kappa shape index (κ3) is 6.48. The fourth-order valence-corrected chi connectivity index (χ4v) is 8.52. The van der Waals surface area contributed by atoms with Crippen LogP contribution in [0.5, 0.6) is 11.5 Å². The highest BCUT2D eigenvalue weighted by Crippen LogP contribution is 2.45. The van der Waals surface area contributed by atoms with Crippen molar-refractivity contribution in [2.45, 2.75) is 118 Å². The molecule has 0 amide bonds. The molecule has 270 valence electrons. The molecule has 3 aromatic carbocycles. The number of para-hydroxylation sites is 1. The van der Waals surface area contributed by atoms with E-state index >= 15 is 0 Å². The third-order valence-corrected chi connectivity index (χ3v) is 11.4. The molecule has 1 unspecified atom stereocenters. The van der Waals surface area contributed by atoms with E-state index in [2.05, 4.69) is 150 Å². The van der Waals surface area contributed by atoms with Crippen LogP contribution in [0.3, 0.4) is 0 Å². The Hall–Kier alpha value is -4.64. The molecule has 1 aliphatic rings.